The van der Waals surface area contributed by atoms with E-state index in [1.807, 2.05) is 4.57 Å². The number of aromatic amines is 1. The lowest BCUT2D eigenvalue weighted by molar-refractivity contribution is 0.594. The molecule has 0 saturated heterocycles. The van der Waals surface area contributed by atoms with Crippen molar-refractivity contribution in [3.8, 4) is 0 Å². The number of hydrogen-bond acceptors (Lipinski definition) is 1. The number of H-pyrrole nitrogens is 1. The zero-order chi connectivity index (χ0) is 8.97. The summed E-state index contributed by atoms with van der Waals surface area (Å²) in [5, 5.41) is 0. The van der Waals surface area contributed by atoms with Gasteiger partial charge in [-0.1, -0.05) is 20.3 Å². The minimum Gasteiger partial charge on any atom is -0.312 e. The second kappa shape index (κ2) is 4.14. The zero-order valence-electron chi connectivity index (χ0n) is 7.76. The van der Waals surface area contributed by atoms with Crippen LogP contribution in [-0.4, -0.2) is 9.55 Å². The summed E-state index contributed by atoms with van der Waals surface area (Å²) in [6.07, 6.45) is 4.92. The SMILES string of the molecule is CCCCn1c(CC)c[nH]c1=O. The molecule has 0 atom stereocenters. The van der Waals surface area contributed by atoms with Crippen LogP contribution in [0.4, 0.5) is 0 Å². The molecule has 0 aliphatic rings. The topological polar surface area (TPSA) is 37.8 Å². The quantitative estimate of drug-likeness (QED) is 0.727. The van der Waals surface area contributed by atoms with Crippen LogP contribution in [-0.2, 0) is 13.0 Å². The first-order chi connectivity index (χ1) is 5.79. The number of rotatable bonds is 4. The highest BCUT2D eigenvalue weighted by Crippen LogP contribution is 1.98. The fourth-order valence-electron chi connectivity index (χ4n) is 1.29. The third kappa shape index (κ3) is 1.78. The van der Waals surface area contributed by atoms with E-state index >= 15 is 0 Å². The summed E-state index contributed by atoms with van der Waals surface area (Å²) >= 11 is 0. The maximum Gasteiger partial charge on any atom is 0.325 e. The summed E-state index contributed by atoms with van der Waals surface area (Å²) in [6.45, 7) is 5.04. The van der Waals surface area contributed by atoms with Gasteiger partial charge in [-0.05, 0) is 12.8 Å². The normalized spacial score (nSPS) is 10.5. The molecule has 1 aromatic rings. The van der Waals surface area contributed by atoms with E-state index < -0.39 is 0 Å². The Morgan fingerprint density at radius 1 is 1.50 bits per heavy atom. The Morgan fingerprint density at radius 3 is 2.83 bits per heavy atom. The highest BCUT2D eigenvalue weighted by Gasteiger charge is 2.01. The fourth-order valence-corrected chi connectivity index (χ4v) is 1.29. The third-order valence-electron chi connectivity index (χ3n) is 2.05. The van der Waals surface area contributed by atoms with Gasteiger partial charge < -0.3 is 4.98 Å². The summed E-state index contributed by atoms with van der Waals surface area (Å²) in [7, 11) is 0. The molecule has 3 nitrogen and oxygen atoms in total. The van der Waals surface area contributed by atoms with E-state index in [4.69, 9.17) is 0 Å². The first-order valence-electron chi connectivity index (χ1n) is 4.56. The van der Waals surface area contributed by atoms with Crippen LogP contribution >= 0.6 is 0 Å². The van der Waals surface area contributed by atoms with Gasteiger partial charge in [0, 0.05) is 18.4 Å². The Balaban J connectivity index is 2.79. The van der Waals surface area contributed by atoms with E-state index in [2.05, 4.69) is 18.8 Å². The minimum atomic E-state index is 0.0281. The third-order valence-corrected chi connectivity index (χ3v) is 2.05. The number of nitrogens with zero attached hydrogens (tertiary/aromatic N) is 1. The van der Waals surface area contributed by atoms with Crippen molar-refractivity contribution in [2.75, 3.05) is 0 Å². The smallest absolute Gasteiger partial charge is 0.312 e. The van der Waals surface area contributed by atoms with Crippen molar-refractivity contribution >= 4 is 0 Å². The van der Waals surface area contributed by atoms with Crippen molar-refractivity contribution in [1.82, 2.24) is 9.55 Å². The first-order valence-corrected chi connectivity index (χ1v) is 4.56. The second-order valence-corrected chi connectivity index (χ2v) is 2.94. The van der Waals surface area contributed by atoms with Gasteiger partial charge in [0.1, 0.15) is 0 Å². The molecular weight excluding hydrogens is 152 g/mol. The lowest BCUT2D eigenvalue weighted by atomic mass is 10.3. The van der Waals surface area contributed by atoms with Gasteiger partial charge in [0.05, 0.1) is 0 Å². The van der Waals surface area contributed by atoms with E-state index in [1.165, 1.54) is 0 Å². The summed E-state index contributed by atoms with van der Waals surface area (Å²) in [5.41, 5.74) is 1.13. The zero-order valence-corrected chi connectivity index (χ0v) is 7.76. The molecule has 1 rings (SSSR count). The molecule has 0 spiro atoms. The Labute approximate surface area is 72.4 Å². The van der Waals surface area contributed by atoms with E-state index in [9.17, 15) is 4.79 Å². The molecule has 0 radical (unpaired) electrons. The van der Waals surface area contributed by atoms with Gasteiger partial charge >= 0.3 is 5.69 Å². The molecule has 68 valence electrons. The first kappa shape index (κ1) is 9.10. The van der Waals surface area contributed by atoms with Crippen molar-refractivity contribution in [1.29, 1.82) is 0 Å². The Hall–Kier alpha value is -0.990. The molecule has 0 aromatic carbocycles. The molecular formula is C9H16N2O. The molecule has 1 heterocycles. The minimum absolute atomic E-state index is 0.0281. The lowest BCUT2D eigenvalue weighted by Crippen LogP contribution is -2.18. The van der Waals surface area contributed by atoms with Crippen molar-refractivity contribution in [3.05, 3.63) is 22.4 Å². The summed E-state index contributed by atoms with van der Waals surface area (Å²) < 4.78 is 1.82. The summed E-state index contributed by atoms with van der Waals surface area (Å²) in [4.78, 5) is 13.9. The molecule has 0 bridgehead atoms. The number of aromatic nitrogens is 2. The van der Waals surface area contributed by atoms with Crippen LogP contribution in [0, 0.1) is 0 Å². The molecule has 0 unspecified atom stereocenters. The van der Waals surface area contributed by atoms with Gasteiger partial charge in [-0.15, -0.1) is 0 Å². The molecule has 3 heteroatoms. The molecule has 0 aliphatic carbocycles. The van der Waals surface area contributed by atoms with E-state index in [-0.39, 0.29) is 5.69 Å². The Kier molecular flexibility index (Phi) is 3.14. The largest absolute Gasteiger partial charge is 0.325 e. The van der Waals surface area contributed by atoms with E-state index in [0.29, 0.717) is 0 Å². The Bertz CT molecular complexity index is 285. The monoisotopic (exact) mass is 168 g/mol. The average molecular weight is 168 g/mol. The van der Waals surface area contributed by atoms with Crippen LogP contribution < -0.4 is 5.69 Å². The van der Waals surface area contributed by atoms with Gasteiger partial charge in [-0.3, -0.25) is 4.57 Å². The Morgan fingerprint density at radius 2 is 2.25 bits per heavy atom. The molecule has 0 aliphatic heterocycles. The number of nitrogens with one attached hydrogen (secondary N) is 1. The van der Waals surface area contributed by atoms with Gasteiger partial charge in [0.25, 0.3) is 0 Å². The van der Waals surface area contributed by atoms with Crippen LogP contribution in [0.1, 0.15) is 32.4 Å². The number of unbranched alkanes of at least 4 members (excludes halogenated alkanes) is 1. The number of aryl methyl sites for hydroxylation is 1. The van der Waals surface area contributed by atoms with Crippen LogP contribution in [0.3, 0.4) is 0 Å². The predicted molar refractivity (Wildman–Crippen MR) is 49.3 cm³/mol. The summed E-state index contributed by atoms with van der Waals surface area (Å²) in [5.74, 6) is 0. The molecule has 0 fully saturated rings. The second-order valence-electron chi connectivity index (χ2n) is 2.94. The van der Waals surface area contributed by atoms with Crippen LogP contribution in [0.2, 0.25) is 0 Å². The fraction of sp³-hybridized carbons (Fsp3) is 0.667. The van der Waals surface area contributed by atoms with Crippen LogP contribution in [0.25, 0.3) is 0 Å². The predicted octanol–water partition coefficient (Wildman–Crippen LogP) is 1.54. The average Bonchev–Trinajstić information content (AvgIpc) is 2.43. The van der Waals surface area contributed by atoms with Crippen molar-refractivity contribution in [2.24, 2.45) is 0 Å². The maximum absolute atomic E-state index is 11.2. The summed E-state index contributed by atoms with van der Waals surface area (Å²) in [6, 6.07) is 0. The maximum atomic E-state index is 11.2. The van der Waals surface area contributed by atoms with Gasteiger partial charge in [0.2, 0.25) is 0 Å². The number of imidazole rings is 1. The van der Waals surface area contributed by atoms with Crippen LogP contribution in [0.15, 0.2) is 11.0 Å². The molecule has 0 amide bonds. The standard InChI is InChI=1S/C9H16N2O/c1-3-5-6-11-8(4-2)7-10-9(11)12/h7H,3-6H2,1-2H3,(H,10,12). The number of hydrogen-bond donors (Lipinski definition) is 1. The highest BCUT2D eigenvalue weighted by molar-refractivity contribution is 4.97. The highest BCUT2D eigenvalue weighted by atomic mass is 16.1. The molecule has 1 N–H and O–H groups in total. The lowest BCUT2D eigenvalue weighted by Gasteiger charge is -2.02. The van der Waals surface area contributed by atoms with Crippen molar-refractivity contribution in [2.45, 2.75) is 39.7 Å². The van der Waals surface area contributed by atoms with Gasteiger partial charge in [-0.25, -0.2) is 4.79 Å². The molecule has 12 heavy (non-hydrogen) atoms. The van der Waals surface area contributed by atoms with E-state index in [1.54, 1.807) is 6.20 Å². The molecule has 1 aromatic heterocycles. The van der Waals surface area contributed by atoms with Gasteiger partial charge in [0.15, 0.2) is 0 Å². The van der Waals surface area contributed by atoms with Crippen molar-refractivity contribution < 1.29 is 0 Å². The van der Waals surface area contributed by atoms with Gasteiger partial charge in [-0.2, -0.15) is 0 Å². The molecule has 0 saturated carbocycles. The van der Waals surface area contributed by atoms with Crippen molar-refractivity contribution in [3.63, 3.8) is 0 Å². The van der Waals surface area contributed by atoms with E-state index in [0.717, 1.165) is 31.5 Å². The van der Waals surface area contributed by atoms with Crippen LogP contribution in [0.5, 0.6) is 0 Å².